The number of allylic oxidation sites excluding steroid dienone is 1. The molecule has 1 atom stereocenters. The van der Waals surface area contributed by atoms with E-state index in [1.165, 1.54) is 11.3 Å². The number of benzene rings is 3. The monoisotopic (exact) mass is 595 g/mol. The van der Waals surface area contributed by atoms with Crippen molar-refractivity contribution in [3.63, 3.8) is 0 Å². The van der Waals surface area contributed by atoms with Gasteiger partial charge in [0, 0.05) is 16.0 Å². The number of hydrogen-bond acceptors (Lipinski definition) is 8. The molecule has 42 heavy (non-hydrogen) atoms. The zero-order valence-corrected chi connectivity index (χ0v) is 25.3. The Labute approximate surface area is 252 Å². The van der Waals surface area contributed by atoms with Crippen LogP contribution in [-0.2, 0) is 16.1 Å². The molecule has 0 radical (unpaired) electrons. The number of nitriles is 1. The second-order valence-electron chi connectivity index (χ2n) is 9.90. The van der Waals surface area contributed by atoms with E-state index in [0.29, 0.717) is 37.5 Å². The third-order valence-electron chi connectivity index (χ3n) is 6.74. The Kier molecular flexibility index (Phi) is 8.76. The molecule has 7 nitrogen and oxygen atoms in total. The van der Waals surface area contributed by atoms with E-state index in [1.807, 2.05) is 73.0 Å². The molecule has 0 saturated heterocycles. The normalized spacial score (nSPS) is 14.8. The van der Waals surface area contributed by atoms with Gasteiger partial charge < -0.3 is 9.47 Å². The summed E-state index contributed by atoms with van der Waals surface area (Å²) in [6.07, 6.45) is 3.46. The summed E-state index contributed by atoms with van der Waals surface area (Å²) in [4.78, 5) is 33.6. The average Bonchev–Trinajstić information content (AvgIpc) is 3.29. The van der Waals surface area contributed by atoms with E-state index < -0.39 is 12.0 Å². The van der Waals surface area contributed by atoms with Crippen molar-refractivity contribution in [1.29, 1.82) is 5.26 Å². The van der Waals surface area contributed by atoms with E-state index in [-0.39, 0.29) is 18.3 Å². The Morgan fingerprint density at radius 2 is 1.83 bits per heavy atom. The third-order valence-corrected chi connectivity index (χ3v) is 8.47. The molecule has 212 valence electrons. The van der Waals surface area contributed by atoms with Gasteiger partial charge in [0.25, 0.3) is 5.56 Å². The largest absolute Gasteiger partial charge is 0.488 e. The molecule has 0 bridgehead atoms. The van der Waals surface area contributed by atoms with E-state index in [0.717, 1.165) is 16.0 Å². The number of para-hydroxylation sites is 1. The second kappa shape index (κ2) is 12.6. The first-order chi connectivity index (χ1) is 20.3. The van der Waals surface area contributed by atoms with Crippen LogP contribution >= 0.6 is 23.1 Å². The van der Waals surface area contributed by atoms with Crippen LogP contribution in [0, 0.1) is 11.3 Å². The van der Waals surface area contributed by atoms with Crippen LogP contribution in [0.2, 0.25) is 0 Å². The highest BCUT2D eigenvalue weighted by Gasteiger charge is 2.33. The quantitative estimate of drug-likeness (QED) is 0.201. The van der Waals surface area contributed by atoms with E-state index in [1.54, 1.807) is 49.2 Å². The third kappa shape index (κ3) is 5.96. The topological polar surface area (TPSA) is 93.7 Å². The predicted molar refractivity (Wildman–Crippen MR) is 165 cm³/mol. The molecular formula is C33H29N3O4S2. The summed E-state index contributed by atoms with van der Waals surface area (Å²) in [5.74, 6) is 0.0912. The highest BCUT2D eigenvalue weighted by Crippen LogP contribution is 2.32. The number of rotatable bonds is 8. The number of thiazole rings is 1. The zero-order valence-electron chi connectivity index (χ0n) is 23.7. The SMILES string of the molecule is CSc1ccc([C@H]2C(C(=O)OC(C)C)=C(C)N=c3s/c(=C\c4ccccc4OCc4ccccc4C#N)c(=O)n32)cc1. The molecule has 0 amide bonds. The van der Waals surface area contributed by atoms with Gasteiger partial charge in [0.2, 0.25) is 0 Å². The van der Waals surface area contributed by atoms with Crippen LogP contribution in [0.5, 0.6) is 5.75 Å². The van der Waals surface area contributed by atoms with Gasteiger partial charge in [-0.3, -0.25) is 9.36 Å². The van der Waals surface area contributed by atoms with Crippen LogP contribution in [0.25, 0.3) is 6.08 Å². The molecule has 0 fully saturated rings. The van der Waals surface area contributed by atoms with Crippen LogP contribution in [0.4, 0.5) is 0 Å². The number of esters is 1. The van der Waals surface area contributed by atoms with Crippen molar-refractivity contribution < 1.29 is 14.3 Å². The number of hydrogen-bond donors (Lipinski definition) is 0. The Morgan fingerprint density at radius 1 is 1.12 bits per heavy atom. The number of ether oxygens (including phenoxy) is 2. The van der Waals surface area contributed by atoms with Crippen molar-refractivity contribution in [2.75, 3.05) is 6.26 Å². The fourth-order valence-corrected chi connectivity index (χ4v) is 6.19. The van der Waals surface area contributed by atoms with Crippen LogP contribution in [-0.4, -0.2) is 22.9 Å². The molecule has 0 saturated carbocycles. The van der Waals surface area contributed by atoms with E-state index in [2.05, 4.69) is 11.1 Å². The Bertz CT molecular complexity index is 1900. The summed E-state index contributed by atoms with van der Waals surface area (Å²) < 4.78 is 13.7. The molecule has 0 aliphatic carbocycles. The molecule has 1 aliphatic rings. The van der Waals surface area contributed by atoms with Crippen LogP contribution < -0.4 is 19.6 Å². The minimum Gasteiger partial charge on any atom is -0.488 e. The lowest BCUT2D eigenvalue weighted by atomic mass is 9.96. The molecule has 0 spiro atoms. The molecule has 2 heterocycles. The first-order valence-electron chi connectivity index (χ1n) is 13.4. The van der Waals surface area contributed by atoms with E-state index in [9.17, 15) is 14.9 Å². The number of nitrogens with zero attached hydrogens (tertiary/aromatic N) is 3. The van der Waals surface area contributed by atoms with Crippen LogP contribution in [0.3, 0.4) is 0 Å². The lowest BCUT2D eigenvalue weighted by Gasteiger charge is -2.25. The number of thioether (sulfide) groups is 1. The first-order valence-corrected chi connectivity index (χ1v) is 15.4. The van der Waals surface area contributed by atoms with Crippen molar-refractivity contribution in [3.8, 4) is 11.8 Å². The maximum atomic E-state index is 14.0. The van der Waals surface area contributed by atoms with Gasteiger partial charge in [0.1, 0.15) is 12.4 Å². The molecule has 0 N–H and O–H groups in total. The molecular weight excluding hydrogens is 567 g/mol. The fourth-order valence-electron chi connectivity index (χ4n) is 4.75. The van der Waals surface area contributed by atoms with E-state index in [4.69, 9.17) is 9.47 Å². The van der Waals surface area contributed by atoms with Gasteiger partial charge in [0.05, 0.1) is 39.6 Å². The number of fused-ring (bicyclic) bond motifs is 1. The minimum absolute atomic E-state index is 0.211. The molecule has 5 rings (SSSR count). The van der Waals surface area contributed by atoms with Crippen molar-refractivity contribution in [1.82, 2.24) is 4.57 Å². The summed E-state index contributed by atoms with van der Waals surface area (Å²) in [7, 11) is 0. The molecule has 4 aromatic rings. The maximum absolute atomic E-state index is 14.0. The Balaban J connectivity index is 1.60. The minimum atomic E-state index is -0.681. The summed E-state index contributed by atoms with van der Waals surface area (Å²) in [6.45, 7) is 5.58. The van der Waals surface area contributed by atoms with Gasteiger partial charge >= 0.3 is 5.97 Å². The molecule has 3 aromatic carbocycles. The van der Waals surface area contributed by atoms with Crippen LogP contribution in [0.15, 0.2) is 98.7 Å². The van der Waals surface area contributed by atoms with Crippen molar-refractivity contribution in [2.45, 2.75) is 44.4 Å². The van der Waals surface area contributed by atoms with Gasteiger partial charge in [-0.25, -0.2) is 9.79 Å². The second-order valence-corrected chi connectivity index (χ2v) is 11.8. The molecule has 9 heteroatoms. The predicted octanol–water partition coefficient (Wildman–Crippen LogP) is 5.36. The lowest BCUT2D eigenvalue weighted by molar-refractivity contribution is -0.143. The van der Waals surface area contributed by atoms with Gasteiger partial charge in [-0.15, -0.1) is 11.8 Å². The smallest absolute Gasteiger partial charge is 0.338 e. The zero-order chi connectivity index (χ0) is 29.8. The highest BCUT2D eigenvalue weighted by atomic mass is 32.2. The highest BCUT2D eigenvalue weighted by molar-refractivity contribution is 7.98. The summed E-state index contributed by atoms with van der Waals surface area (Å²) in [5.41, 5.74) is 3.45. The van der Waals surface area contributed by atoms with E-state index >= 15 is 0 Å². The number of carbonyl (C=O) groups excluding carboxylic acids is 1. The average molecular weight is 596 g/mol. The van der Waals surface area contributed by atoms with Gasteiger partial charge in [-0.1, -0.05) is 59.9 Å². The number of aromatic nitrogens is 1. The maximum Gasteiger partial charge on any atom is 0.338 e. The molecule has 0 unspecified atom stereocenters. The number of carbonyl (C=O) groups is 1. The van der Waals surface area contributed by atoms with Crippen LogP contribution in [0.1, 0.15) is 49.1 Å². The summed E-state index contributed by atoms with van der Waals surface area (Å²) >= 11 is 2.88. The fraction of sp³-hybridized carbons (Fsp3) is 0.212. The molecule has 1 aliphatic heterocycles. The van der Waals surface area contributed by atoms with Gasteiger partial charge in [-0.05, 0) is 62.9 Å². The van der Waals surface area contributed by atoms with Gasteiger partial charge in [-0.2, -0.15) is 5.26 Å². The van der Waals surface area contributed by atoms with Crippen molar-refractivity contribution in [2.24, 2.45) is 4.99 Å². The Hall–Kier alpha value is -4.39. The molecule has 1 aromatic heterocycles. The lowest BCUT2D eigenvalue weighted by Crippen LogP contribution is -2.40. The standard InChI is InChI=1S/C33H29N3O4S2/c1-20(2)40-32(38)29-21(3)35-33-36(30(29)22-13-15-26(41-4)16-14-22)31(37)28(42-33)17-23-9-7-8-12-27(23)39-19-25-11-6-5-10-24(25)18-34/h5-17,20,30H,19H2,1-4H3/b28-17-/t30-/m0/s1. The first kappa shape index (κ1) is 29.1. The van der Waals surface area contributed by atoms with Gasteiger partial charge in [0.15, 0.2) is 4.80 Å². The van der Waals surface area contributed by atoms with Crippen molar-refractivity contribution in [3.05, 3.63) is 126 Å². The summed E-state index contributed by atoms with van der Waals surface area (Å²) in [6, 6.07) is 24.1. The Morgan fingerprint density at radius 3 is 2.55 bits per heavy atom. The van der Waals surface area contributed by atoms with Crippen molar-refractivity contribution >= 4 is 35.1 Å². The summed E-state index contributed by atoms with van der Waals surface area (Å²) in [5, 5.41) is 9.43.